The van der Waals surface area contributed by atoms with E-state index in [-0.39, 0.29) is 35.9 Å². The summed E-state index contributed by atoms with van der Waals surface area (Å²) in [6.07, 6.45) is 1.68. The van der Waals surface area contributed by atoms with Crippen LogP contribution in [0.1, 0.15) is 31.7 Å². The van der Waals surface area contributed by atoms with Gasteiger partial charge in [-0.15, -0.1) is 0 Å². The molecule has 188 valence electrons. The molecule has 0 bridgehead atoms. The van der Waals surface area contributed by atoms with E-state index in [1.165, 1.54) is 0 Å². The highest BCUT2D eigenvalue weighted by Crippen LogP contribution is 2.44. The van der Waals surface area contributed by atoms with Crippen molar-refractivity contribution in [3.05, 3.63) is 23.5 Å². The fraction of sp³-hybridized carbons (Fsp3) is 0.542. The fourth-order valence-corrected chi connectivity index (χ4v) is 5.55. The van der Waals surface area contributed by atoms with E-state index in [4.69, 9.17) is 18.6 Å². The third-order valence-electron chi connectivity index (χ3n) is 6.57. The molecule has 35 heavy (non-hydrogen) atoms. The zero-order valence-electron chi connectivity index (χ0n) is 20.6. The van der Waals surface area contributed by atoms with Gasteiger partial charge >= 0.3 is 0 Å². The van der Waals surface area contributed by atoms with Gasteiger partial charge < -0.3 is 29.1 Å². The molecule has 0 aromatic carbocycles. The molecule has 2 fully saturated rings. The number of aryl methyl sites for hydroxylation is 2. The number of nitrogens with one attached hydrogen (secondary N) is 1. The standard InChI is InChI=1S/C24H30N4O6S/c1-11-18(16-8-13-9-17(31-5)25-12(2)19(13)32-16)22(28-23(26-11)35(6)30)27-15-7-14(10-29)20-21(15)34-24(3,4)33-20/h8-9,14-15,20-21,29H,7,10H2,1-6H3,(H,26,27,28)/t14-,15-,20-,21+,35?/m1/s1. The molecule has 1 aliphatic heterocycles. The number of hydrogen-bond acceptors (Lipinski definition) is 10. The van der Waals surface area contributed by atoms with Crippen LogP contribution < -0.4 is 10.1 Å². The van der Waals surface area contributed by atoms with E-state index in [1.807, 2.05) is 39.8 Å². The van der Waals surface area contributed by atoms with Crippen molar-refractivity contribution in [3.63, 3.8) is 0 Å². The third kappa shape index (κ3) is 4.31. The van der Waals surface area contributed by atoms with Gasteiger partial charge in [-0.05, 0) is 40.2 Å². The maximum Gasteiger partial charge on any atom is 0.220 e. The highest BCUT2D eigenvalue weighted by atomic mass is 32.2. The molecule has 0 amide bonds. The summed E-state index contributed by atoms with van der Waals surface area (Å²) in [7, 11) is 0.191. The molecule has 2 N–H and O–H groups in total. The first kappa shape index (κ1) is 24.1. The normalized spacial score (nSPS) is 26.1. The predicted octanol–water partition coefficient (Wildman–Crippen LogP) is 2.96. The van der Waals surface area contributed by atoms with Gasteiger partial charge in [0.1, 0.15) is 17.7 Å². The smallest absolute Gasteiger partial charge is 0.220 e. The van der Waals surface area contributed by atoms with Gasteiger partial charge in [0.25, 0.3) is 0 Å². The highest BCUT2D eigenvalue weighted by molar-refractivity contribution is 7.84. The number of aliphatic hydroxyl groups excluding tert-OH is 1. The maximum atomic E-state index is 12.3. The van der Waals surface area contributed by atoms with Crippen LogP contribution in [0.2, 0.25) is 0 Å². The average Bonchev–Trinajstić information content (AvgIpc) is 3.44. The average molecular weight is 503 g/mol. The predicted molar refractivity (Wildman–Crippen MR) is 130 cm³/mol. The number of ether oxygens (including phenoxy) is 3. The quantitative estimate of drug-likeness (QED) is 0.485. The van der Waals surface area contributed by atoms with Crippen molar-refractivity contribution in [3.8, 4) is 17.2 Å². The molecule has 1 saturated carbocycles. The Morgan fingerprint density at radius 2 is 1.91 bits per heavy atom. The number of pyridine rings is 1. The lowest BCUT2D eigenvalue weighted by molar-refractivity contribution is -0.158. The first-order valence-corrected chi connectivity index (χ1v) is 13.1. The molecule has 0 radical (unpaired) electrons. The van der Waals surface area contributed by atoms with Crippen molar-refractivity contribution in [1.29, 1.82) is 0 Å². The molecular weight excluding hydrogens is 472 g/mol. The fourth-order valence-electron chi connectivity index (χ4n) is 5.06. The number of furan rings is 1. The molecule has 1 unspecified atom stereocenters. The molecule has 10 nitrogen and oxygen atoms in total. The summed E-state index contributed by atoms with van der Waals surface area (Å²) in [6, 6.07) is 3.53. The first-order valence-electron chi connectivity index (χ1n) is 11.5. The lowest BCUT2D eigenvalue weighted by Gasteiger charge is -2.24. The van der Waals surface area contributed by atoms with Crippen LogP contribution in [-0.4, -0.2) is 68.3 Å². The molecule has 11 heteroatoms. The monoisotopic (exact) mass is 502 g/mol. The Balaban J connectivity index is 1.59. The zero-order chi connectivity index (χ0) is 25.1. The van der Waals surface area contributed by atoms with E-state index in [2.05, 4.69) is 20.3 Å². The van der Waals surface area contributed by atoms with Crippen molar-refractivity contribution >= 4 is 27.6 Å². The summed E-state index contributed by atoms with van der Waals surface area (Å²) in [5, 5.41) is 14.5. The molecule has 1 saturated heterocycles. The minimum absolute atomic E-state index is 0.00362. The number of hydrogen-bond donors (Lipinski definition) is 2. The van der Waals surface area contributed by atoms with Crippen LogP contribution in [0.3, 0.4) is 0 Å². The van der Waals surface area contributed by atoms with Crippen molar-refractivity contribution in [1.82, 2.24) is 15.0 Å². The van der Waals surface area contributed by atoms with Gasteiger partial charge in [-0.2, -0.15) is 0 Å². The van der Waals surface area contributed by atoms with Gasteiger partial charge in [-0.25, -0.2) is 15.0 Å². The largest absolute Gasteiger partial charge is 0.481 e. The summed E-state index contributed by atoms with van der Waals surface area (Å²) < 4.78 is 36.1. The first-order chi connectivity index (χ1) is 16.6. The molecule has 3 aromatic rings. The summed E-state index contributed by atoms with van der Waals surface area (Å²) in [4.78, 5) is 13.5. The van der Waals surface area contributed by atoms with Gasteiger partial charge in [-0.3, -0.25) is 4.21 Å². The van der Waals surface area contributed by atoms with Crippen LogP contribution in [-0.2, 0) is 20.3 Å². The van der Waals surface area contributed by atoms with Crippen LogP contribution in [0.5, 0.6) is 5.88 Å². The van der Waals surface area contributed by atoms with Crippen LogP contribution in [0.15, 0.2) is 21.7 Å². The topological polar surface area (TPSA) is 129 Å². The second-order valence-electron chi connectivity index (χ2n) is 9.54. The molecule has 5 rings (SSSR count). The number of nitrogens with zero attached hydrogens (tertiary/aromatic N) is 3. The highest BCUT2D eigenvalue weighted by Gasteiger charge is 2.54. The SMILES string of the molecule is COc1cc2cc(-c3c(C)nc(S(C)=O)nc3N[C@@H]3C[C@H](CO)[C@H]4OC(C)(C)O[C@H]43)oc2c(C)n1. The van der Waals surface area contributed by atoms with Crippen molar-refractivity contribution in [2.24, 2.45) is 5.92 Å². The molecule has 0 spiro atoms. The second-order valence-corrected chi connectivity index (χ2v) is 10.8. The lowest BCUT2D eigenvalue weighted by atomic mass is 10.1. The Labute approximate surface area is 205 Å². The number of fused-ring (bicyclic) bond motifs is 2. The van der Waals surface area contributed by atoms with E-state index in [0.29, 0.717) is 46.4 Å². The van der Waals surface area contributed by atoms with Crippen LogP contribution >= 0.6 is 0 Å². The Morgan fingerprint density at radius 3 is 2.60 bits per heavy atom. The summed E-state index contributed by atoms with van der Waals surface area (Å²) >= 11 is 0. The van der Waals surface area contributed by atoms with Crippen molar-refractivity contribution in [2.45, 2.75) is 63.3 Å². The van der Waals surface area contributed by atoms with Crippen LogP contribution in [0.25, 0.3) is 22.3 Å². The molecule has 2 aliphatic rings. The van der Waals surface area contributed by atoms with Crippen molar-refractivity contribution in [2.75, 3.05) is 25.3 Å². The van der Waals surface area contributed by atoms with E-state index in [0.717, 1.165) is 5.39 Å². The minimum atomic E-state index is -1.38. The Morgan fingerprint density at radius 1 is 1.17 bits per heavy atom. The molecule has 3 aromatic heterocycles. The minimum Gasteiger partial charge on any atom is -0.481 e. The number of methoxy groups -OCH3 is 1. The van der Waals surface area contributed by atoms with E-state index in [1.54, 1.807) is 13.4 Å². The number of anilines is 1. The number of aromatic nitrogens is 3. The third-order valence-corrected chi connectivity index (χ3v) is 7.26. The van der Waals surface area contributed by atoms with E-state index in [9.17, 15) is 9.32 Å². The maximum absolute atomic E-state index is 12.3. The Hall–Kier alpha value is -2.60. The van der Waals surface area contributed by atoms with Gasteiger partial charge in [0.15, 0.2) is 11.4 Å². The van der Waals surface area contributed by atoms with Crippen molar-refractivity contribution < 1.29 is 27.9 Å². The van der Waals surface area contributed by atoms with E-state index >= 15 is 0 Å². The summed E-state index contributed by atoms with van der Waals surface area (Å²) in [6.45, 7) is 7.43. The van der Waals surface area contributed by atoms with Crippen LogP contribution in [0.4, 0.5) is 5.82 Å². The van der Waals surface area contributed by atoms with Gasteiger partial charge in [-0.1, -0.05) is 0 Å². The van der Waals surface area contributed by atoms with Gasteiger partial charge in [0, 0.05) is 30.2 Å². The summed E-state index contributed by atoms with van der Waals surface area (Å²) in [5.74, 6) is 0.737. The molecular formula is C24H30N4O6S. The lowest BCUT2D eigenvalue weighted by Crippen LogP contribution is -2.35. The molecule has 1 aliphatic carbocycles. The zero-order valence-corrected chi connectivity index (χ0v) is 21.4. The Kier molecular flexibility index (Phi) is 6.07. The molecule has 4 heterocycles. The summed E-state index contributed by atoms with van der Waals surface area (Å²) in [5.41, 5.74) is 2.63. The van der Waals surface area contributed by atoms with Gasteiger partial charge in [0.05, 0.1) is 47.0 Å². The van der Waals surface area contributed by atoms with Gasteiger partial charge in [0.2, 0.25) is 11.0 Å². The Bertz CT molecular complexity index is 1310. The molecule has 5 atom stereocenters. The number of rotatable bonds is 6. The number of aliphatic hydroxyl groups is 1. The van der Waals surface area contributed by atoms with Crippen LogP contribution in [0, 0.1) is 19.8 Å². The second kappa shape index (κ2) is 8.81. The van der Waals surface area contributed by atoms with E-state index < -0.39 is 16.6 Å².